The zero-order chi connectivity index (χ0) is 9.40. The second-order valence-electron chi connectivity index (χ2n) is 2.61. The zero-order valence-electron chi connectivity index (χ0n) is 7.80. The molecule has 0 aliphatic rings. The van der Waals surface area contributed by atoms with E-state index >= 15 is 0 Å². The van der Waals surface area contributed by atoms with Crippen molar-refractivity contribution in [1.29, 1.82) is 5.41 Å². The average molecular weight is 174 g/mol. The fourth-order valence-electron chi connectivity index (χ4n) is 0.821. The Bertz CT molecular complexity index is 128. The number of amidine groups is 1. The average Bonchev–Trinajstić information content (AvgIpc) is 1.97. The minimum Gasteiger partial charge on any atom is -0.388 e. The molecule has 4 heteroatoms. The van der Waals surface area contributed by atoms with E-state index in [0.29, 0.717) is 26.2 Å². The van der Waals surface area contributed by atoms with Gasteiger partial charge in [0.05, 0.1) is 25.2 Å². The third-order valence-electron chi connectivity index (χ3n) is 1.34. The normalized spacial score (nSPS) is 12.8. The highest BCUT2D eigenvalue weighted by Crippen LogP contribution is 1.95. The molecule has 0 spiro atoms. The van der Waals surface area contributed by atoms with Crippen molar-refractivity contribution in [2.24, 2.45) is 5.73 Å². The molecule has 0 rings (SSSR count). The van der Waals surface area contributed by atoms with Gasteiger partial charge in [-0.25, -0.2) is 0 Å². The van der Waals surface area contributed by atoms with Crippen LogP contribution < -0.4 is 5.73 Å². The van der Waals surface area contributed by atoms with Crippen molar-refractivity contribution in [1.82, 2.24) is 0 Å². The smallest absolute Gasteiger partial charge is 0.0931 e. The topological polar surface area (TPSA) is 68.3 Å². The van der Waals surface area contributed by atoms with E-state index in [2.05, 4.69) is 0 Å². The molecular weight excluding hydrogens is 156 g/mol. The molecule has 4 nitrogen and oxygen atoms in total. The molecule has 3 N–H and O–H groups in total. The van der Waals surface area contributed by atoms with Gasteiger partial charge >= 0.3 is 0 Å². The van der Waals surface area contributed by atoms with Crippen LogP contribution in [0.5, 0.6) is 0 Å². The predicted molar refractivity (Wildman–Crippen MR) is 48.4 cm³/mol. The Morgan fingerprint density at radius 2 is 2.17 bits per heavy atom. The maximum atomic E-state index is 7.01. The van der Waals surface area contributed by atoms with Gasteiger partial charge in [-0.05, 0) is 13.8 Å². The minimum atomic E-state index is 0.0166. The van der Waals surface area contributed by atoms with Crippen LogP contribution in [0.1, 0.15) is 20.3 Å². The summed E-state index contributed by atoms with van der Waals surface area (Å²) in [7, 11) is 0. The molecule has 1 atom stereocenters. The van der Waals surface area contributed by atoms with Crippen LogP contribution in [-0.4, -0.2) is 31.8 Å². The van der Waals surface area contributed by atoms with Crippen molar-refractivity contribution in [3.8, 4) is 0 Å². The van der Waals surface area contributed by atoms with Crippen molar-refractivity contribution < 1.29 is 9.47 Å². The first-order valence-electron chi connectivity index (χ1n) is 4.19. The lowest BCUT2D eigenvalue weighted by Crippen LogP contribution is -2.21. The summed E-state index contributed by atoms with van der Waals surface area (Å²) >= 11 is 0. The van der Waals surface area contributed by atoms with E-state index < -0.39 is 0 Å². The van der Waals surface area contributed by atoms with E-state index in [1.165, 1.54) is 0 Å². The second kappa shape index (κ2) is 7.06. The summed E-state index contributed by atoms with van der Waals surface area (Å²) < 4.78 is 10.4. The van der Waals surface area contributed by atoms with Crippen LogP contribution >= 0.6 is 0 Å². The highest BCUT2D eigenvalue weighted by Gasteiger charge is 2.02. The summed E-state index contributed by atoms with van der Waals surface area (Å²) in [6.45, 7) is 5.73. The minimum absolute atomic E-state index is 0.0166. The quantitative estimate of drug-likeness (QED) is 0.340. The largest absolute Gasteiger partial charge is 0.388 e. The fourth-order valence-corrected chi connectivity index (χ4v) is 0.821. The van der Waals surface area contributed by atoms with Crippen molar-refractivity contribution in [3.05, 3.63) is 0 Å². The van der Waals surface area contributed by atoms with Crippen molar-refractivity contribution in [3.63, 3.8) is 0 Å². The number of hydrogen-bond donors (Lipinski definition) is 2. The number of nitrogens with one attached hydrogen (secondary N) is 1. The lowest BCUT2D eigenvalue weighted by atomic mass is 10.3. The van der Waals surface area contributed by atoms with Gasteiger partial charge < -0.3 is 15.2 Å². The van der Waals surface area contributed by atoms with Gasteiger partial charge in [-0.3, -0.25) is 5.41 Å². The van der Waals surface area contributed by atoms with Gasteiger partial charge in [0.15, 0.2) is 0 Å². The molecular formula is C8H18N2O2. The fraction of sp³-hybridized carbons (Fsp3) is 0.875. The van der Waals surface area contributed by atoms with Gasteiger partial charge in [-0.2, -0.15) is 0 Å². The number of rotatable bonds is 7. The number of nitrogens with two attached hydrogens (primary N) is 1. The van der Waals surface area contributed by atoms with Gasteiger partial charge in [0.1, 0.15) is 0 Å². The van der Waals surface area contributed by atoms with Crippen LogP contribution in [0.2, 0.25) is 0 Å². The van der Waals surface area contributed by atoms with Gasteiger partial charge in [-0.15, -0.1) is 0 Å². The van der Waals surface area contributed by atoms with E-state index in [0.717, 1.165) is 0 Å². The Kier molecular flexibility index (Phi) is 6.70. The molecule has 0 saturated carbocycles. The number of ether oxygens (including phenoxy) is 2. The Morgan fingerprint density at radius 3 is 2.67 bits per heavy atom. The molecule has 0 aromatic heterocycles. The first-order chi connectivity index (χ1) is 5.66. The van der Waals surface area contributed by atoms with Crippen LogP contribution in [0.15, 0.2) is 0 Å². The first kappa shape index (κ1) is 11.4. The van der Waals surface area contributed by atoms with Crippen LogP contribution in [0.25, 0.3) is 0 Å². The molecule has 0 saturated heterocycles. The Balaban J connectivity index is 3.19. The van der Waals surface area contributed by atoms with Gasteiger partial charge in [0.25, 0.3) is 0 Å². The summed E-state index contributed by atoms with van der Waals surface area (Å²) in [4.78, 5) is 0. The molecule has 0 aliphatic heterocycles. The standard InChI is InChI=1S/C8H18N2O2/c1-3-11-4-5-12-7(2)6-8(9)10/h7H,3-6H2,1-2H3,(H3,9,10). The van der Waals surface area contributed by atoms with Gasteiger partial charge in [0, 0.05) is 13.0 Å². The van der Waals surface area contributed by atoms with Crippen LogP contribution in [0, 0.1) is 5.41 Å². The lowest BCUT2D eigenvalue weighted by molar-refractivity contribution is 0.0183. The predicted octanol–water partition coefficient (Wildman–Crippen LogP) is 0.754. The summed E-state index contributed by atoms with van der Waals surface area (Å²) in [5.41, 5.74) is 5.20. The maximum absolute atomic E-state index is 7.01. The molecule has 0 aromatic rings. The molecule has 72 valence electrons. The van der Waals surface area contributed by atoms with Crippen LogP contribution in [-0.2, 0) is 9.47 Å². The second-order valence-corrected chi connectivity index (χ2v) is 2.61. The summed E-state index contributed by atoms with van der Waals surface area (Å²) in [5, 5.41) is 7.01. The van der Waals surface area contributed by atoms with Crippen molar-refractivity contribution in [2.75, 3.05) is 19.8 Å². The first-order valence-corrected chi connectivity index (χ1v) is 4.19. The maximum Gasteiger partial charge on any atom is 0.0931 e. The zero-order valence-corrected chi connectivity index (χ0v) is 7.80. The molecule has 0 fully saturated rings. The van der Waals surface area contributed by atoms with E-state index in [1.807, 2.05) is 13.8 Å². The Hall–Kier alpha value is -0.610. The van der Waals surface area contributed by atoms with Crippen LogP contribution in [0.4, 0.5) is 0 Å². The monoisotopic (exact) mass is 174 g/mol. The third kappa shape index (κ3) is 7.50. The van der Waals surface area contributed by atoms with Crippen LogP contribution in [0.3, 0.4) is 0 Å². The Labute approximate surface area is 73.5 Å². The lowest BCUT2D eigenvalue weighted by Gasteiger charge is -2.11. The number of hydrogen-bond acceptors (Lipinski definition) is 3. The molecule has 0 aliphatic carbocycles. The highest BCUT2D eigenvalue weighted by molar-refractivity contribution is 5.77. The van der Waals surface area contributed by atoms with E-state index in [1.54, 1.807) is 0 Å². The van der Waals surface area contributed by atoms with Crippen molar-refractivity contribution >= 4 is 5.84 Å². The molecule has 0 amide bonds. The molecule has 12 heavy (non-hydrogen) atoms. The SMILES string of the molecule is CCOCCOC(C)CC(=N)N. The third-order valence-corrected chi connectivity index (χ3v) is 1.34. The van der Waals surface area contributed by atoms with E-state index in [9.17, 15) is 0 Å². The summed E-state index contributed by atoms with van der Waals surface area (Å²) in [5.74, 6) is 0.166. The van der Waals surface area contributed by atoms with E-state index in [-0.39, 0.29) is 11.9 Å². The summed E-state index contributed by atoms with van der Waals surface area (Å²) in [6, 6.07) is 0. The Morgan fingerprint density at radius 1 is 1.50 bits per heavy atom. The molecule has 0 aromatic carbocycles. The van der Waals surface area contributed by atoms with Gasteiger partial charge in [0.2, 0.25) is 0 Å². The molecule has 1 unspecified atom stereocenters. The van der Waals surface area contributed by atoms with Crippen molar-refractivity contribution in [2.45, 2.75) is 26.4 Å². The molecule has 0 radical (unpaired) electrons. The van der Waals surface area contributed by atoms with E-state index in [4.69, 9.17) is 20.6 Å². The van der Waals surface area contributed by atoms with Gasteiger partial charge in [-0.1, -0.05) is 0 Å². The molecule has 0 heterocycles. The highest BCUT2D eigenvalue weighted by atomic mass is 16.5. The summed E-state index contributed by atoms with van der Waals surface area (Å²) in [6.07, 6.45) is 0.509. The molecule has 0 bridgehead atoms.